The Labute approximate surface area is 118 Å². The molecule has 1 heteroatoms. The van der Waals surface area contributed by atoms with Gasteiger partial charge in [-0.3, -0.25) is 0 Å². The summed E-state index contributed by atoms with van der Waals surface area (Å²) in [6, 6.07) is 12.4. The Bertz CT molecular complexity index is 520. The smallest absolute Gasteiger partial charge is 0.0652 e. The third-order valence-electron chi connectivity index (χ3n) is 4.48. The Morgan fingerprint density at radius 1 is 0.947 bits per heavy atom. The number of hydrogen-bond donors (Lipinski definition) is 0. The summed E-state index contributed by atoms with van der Waals surface area (Å²) in [5.74, 6) is 0. The van der Waals surface area contributed by atoms with Gasteiger partial charge in [0.25, 0.3) is 0 Å². The molecule has 0 aliphatic heterocycles. The van der Waals surface area contributed by atoms with Crippen molar-refractivity contribution in [1.82, 2.24) is 0 Å². The van der Waals surface area contributed by atoms with E-state index in [-0.39, 0.29) is 0 Å². The lowest BCUT2D eigenvalue weighted by molar-refractivity contribution is 0.693. The lowest BCUT2D eigenvalue weighted by Crippen LogP contribution is -2.41. The first-order valence-corrected chi connectivity index (χ1v) is 10.7. The van der Waals surface area contributed by atoms with Crippen molar-refractivity contribution in [1.29, 1.82) is 0 Å². The highest BCUT2D eigenvalue weighted by molar-refractivity contribution is 6.90. The molecule has 0 aromatic heterocycles. The van der Waals surface area contributed by atoms with Crippen molar-refractivity contribution in [3.05, 3.63) is 59.5 Å². The van der Waals surface area contributed by atoms with Gasteiger partial charge in [0.15, 0.2) is 0 Å². The molecule has 0 saturated heterocycles. The molecule has 1 aromatic rings. The van der Waals surface area contributed by atoms with Gasteiger partial charge in [-0.15, -0.1) is 0 Å². The molecular weight excluding hydrogens is 244 g/mol. The van der Waals surface area contributed by atoms with Crippen LogP contribution < -0.4 is 5.19 Å². The van der Waals surface area contributed by atoms with E-state index in [1.165, 1.54) is 31.7 Å². The van der Waals surface area contributed by atoms with Crippen molar-refractivity contribution in [2.24, 2.45) is 0 Å². The van der Waals surface area contributed by atoms with Crippen LogP contribution in [-0.4, -0.2) is 8.07 Å². The van der Waals surface area contributed by atoms with Crippen molar-refractivity contribution < 1.29 is 0 Å². The molecule has 1 radical (unpaired) electrons. The van der Waals surface area contributed by atoms with Gasteiger partial charge in [0.05, 0.1) is 8.07 Å². The quantitative estimate of drug-likeness (QED) is 0.701. The molecule has 99 valence electrons. The van der Waals surface area contributed by atoms with E-state index in [2.05, 4.69) is 55.9 Å². The van der Waals surface area contributed by atoms with Crippen LogP contribution in [0.3, 0.4) is 0 Å². The predicted molar refractivity (Wildman–Crippen MR) is 86.2 cm³/mol. The van der Waals surface area contributed by atoms with Gasteiger partial charge in [0, 0.05) is 6.42 Å². The summed E-state index contributed by atoms with van der Waals surface area (Å²) in [6.07, 6.45) is 10.4. The van der Waals surface area contributed by atoms with Gasteiger partial charge >= 0.3 is 0 Å². The number of allylic oxidation sites excluding steroid dienone is 4. The van der Waals surface area contributed by atoms with Crippen LogP contribution in [0.4, 0.5) is 0 Å². The number of benzene rings is 1. The van der Waals surface area contributed by atoms with E-state index in [9.17, 15) is 0 Å². The van der Waals surface area contributed by atoms with Crippen LogP contribution in [0.5, 0.6) is 0 Å². The highest BCUT2D eigenvalue weighted by Crippen LogP contribution is 2.37. The molecule has 1 aromatic carbocycles. The van der Waals surface area contributed by atoms with E-state index in [1.807, 2.05) is 0 Å². The zero-order chi connectivity index (χ0) is 13.3. The lowest BCUT2D eigenvalue weighted by atomic mass is 9.94. The SMILES string of the molecule is C[Si](C)(CC1=CC2=C([CH]1)CCCC2)c1ccccc1. The minimum absolute atomic E-state index is 1.28. The van der Waals surface area contributed by atoms with Crippen molar-refractivity contribution >= 4 is 13.3 Å². The minimum atomic E-state index is -1.33. The normalized spacial score (nSPS) is 19.4. The average Bonchev–Trinajstić information content (AvgIpc) is 2.81. The predicted octanol–water partition coefficient (Wildman–Crippen LogP) is 4.62. The molecule has 0 atom stereocenters. The summed E-state index contributed by atoms with van der Waals surface area (Å²) in [5.41, 5.74) is 4.87. The molecule has 0 amide bonds. The van der Waals surface area contributed by atoms with E-state index in [1.54, 1.807) is 21.9 Å². The molecule has 0 bridgehead atoms. The topological polar surface area (TPSA) is 0 Å². The van der Waals surface area contributed by atoms with Gasteiger partial charge in [0.2, 0.25) is 0 Å². The van der Waals surface area contributed by atoms with Crippen LogP contribution in [0.15, 0.2) is 53.1 Å². The fourth-order valence-electron chi connectivity index (χ4n) is 3.37. The van der Waals surface area contributed by atoms with E-state index in [0.29, 0.717) is 0 Å². The van der Waals surface area contributed by atoms with Crippen LogP contribution in [0.1, 0.15) is 25.7 Å². The maximum atomic E-state index is 2.49. The first-order valence-electron chi connectivity index (χ1n) is 7.48. The summed E-state index contributed by atoms with van der Waals surface area (Å²) in [7, 11) is -1.33. The van der Waals surface area contributed by atoms with Crippen molar-refractivity contribution in [3.63, 3.8) is 0 Å². The Kier molecular flexibility index (Phi) is 3.49. The fourth-order valence-corrected chi connectivity index (χ4v) is 5.90. The van der Waals surface area contributed by atoms with Gasteiger partial charge in [0.1, 0.15) is 0 Å². The van der Waals surface area contributed by atoms with Gasteiger partial charge in [-0.1, -0.05) is 65.8 Å². The molecule has 0 N–H and O–H groups in total. The second-order valence-corrected chi connectivity index (χ2v) is 11.2. The van der Waals surface area contributed by atoms with Crippen molar-refractivity contribution in [3.8, 4) is 0 Å². The number of rotatable bonds is 3. The molecule has 0 fully saturated rings. The van der Waals surface area contributed by atoms with Crippen LogP contribution >= 0.6 is 0 Å². The number of hydrogen-bond acceptors (Lipinski definition) is 0. The summed E-state index contributed by atoms with van der Waals surface area (Å²) in [4.78, 5) is 0. The van der Waals surface area contributed by atoms with Crippen molar-refractivity contribution in [2.45, 2.75) is 44.8 Å². The molecule has 0 spiro atoms. The molecule has 0 unspecified atom stereocenters. The summed E-state index contributed by atoms with van der Waals surface area (Å²) >= 11 is 0. The third-order valence-corrected chi connectivity index (χ3v) is 7.66. The van der Waals surface area contributed by atoms with Gasteiger partial charge in [-0.05, 0) is 37.3 Å². The maximum Gasteiger partial charge on any atom is 0.0846 e. The molecule has 2 aliphatic rings. The monoisotopic (exact) mass is 267 g/mol. The van der Waals surface area contributed by atoms with Crippen LogP contribution in [-0.2, 0) is 0 Å². The zero-order valence-electron chi connectivity index (χ0n) is 12.1. The van der Waals surface area contributed by atoms with Crippen LogP contribution in [0.2, 0.25) is 19.1 Å². The lowest BCUT2D eigenvalue weighted by Gasteiger charge is -2.23. The molecule has 0 nitrogen and oxygen atoms in total. The third kappa shape index (κ3) is 2.76. The standard InChI is InChI=1S/C18H23Si/c1-19(2,18-10-4-3-5-11-18)14-15-12-16-8-6-7-9-17(16)13-15/h3-5,10-13H,6-9,14H2,1-2H3. The van der Waals surface area contributed by atoms with Gasteiger partial charge < -0.3 is 0 Å². The summed E-state index contributed by atoms with van der Waals surface area (Å²) < 4.78 is 0. The summed E-state index contributed by atoms with van der Waals surface area (Å²) in [6.45, 7) is 4.99. The minimum Gasteiger partial charge on any atom is -0.0652 e. The van der Waals surface area contributed by atoms with E-state index >= 15 is 0 Å². The van der Waals surface area contributed by atoms with E-state index < -0.39 is 8.07 Å². The van der Waals surface area contributed by atoms with Gasteiger partial charge in [-0.2, -0.15) is 0 Å². The zero-order valence-corrected chi connectivity index (χ0v) is 13.1. The van der Waals surface area contributed by atoms with Gasteiger partial charge in [-0.25, -0.2) is 0 Å². The highest BCUT2D eigenvalue weighted by Gasteiger charge is 2.28. The highest BCUT2D eigenvalue weighted by atomic mass is 28.3. The van der Waals surface area contributed by atoms with Crippen LogP contribution in [0, 0.1) is 6.42 Å². The summed E-state index contributed by atoms with van der Waals surface area (Å²) in [5, 5.41) is 1.58. The first-order chi connectivity index (χ1) is 9.15. The second-order valence-electron chi connectivity index (χ2n) is 6.55. The molecule has 3 rings (SSSR count). The maximum absolute atomic E-state index is 2.49. The Morgan fingerprint density at radius 3 is 2.32 bits per heavy atom. The Hall–Kier alpha value is -1.08. The first kappa shape index (κ1) is 12.9. The Balaban J connectivity index is 1.73. The van der Waals surface area contributed by atoms with E-state index in [0.717, 1.165) is 0 Å². The molecular formula is C18H23Si. The molecule has 0 heterocycles. The fraction of sp³-hybridized carbons (Fsp3) is 0.389. The Morgan fingerprint density at radius 2 is 1.63 bits per heavy atom. The molecule has 2 aliphatic carbocycles. The molecule has 0 saturated carbocycles. The van der Waals surface area contributed by atoms with Crippen LogP contribution in [0.25, 0.3) is 0 Å². The largest absolute Gasteiger partial charge is 0.0846 e. The molecule has 19 heavy (non-hydrogen) atoms. The second kappa shape index (κ2) is 5.13. The average molecular weight is 267 g/mol. The van der Waals surface area contributed by atoms with E-state index in [4.69, 9.17) is 0 Å². The van der Waals surface area contributed by atoms with Crippen molar-refractivity contribution in [2.75, 3.05) is 0 Å².